The molecule has 0 spiro atoms. The van der Waals surface area contributed by atoms with E-state index in [2.05, 4.69) is 0 Å². The monoisotopic (exact) mass is 502 g/mol. The Morgan fingerprint density at radius 3 is 0.868 bits per heavy atom. The Morgan fingerprint density at radius 2 is 0.658 bits per heavy atom. The van der Waals surface area contributed by atoms with Gasteiger partial charge in [0.2, 0.25) is 0 Å². The fraction of sp³-hybridized carbons (Fsp3) is 0.118. The van der Waals surface area contributed by atoms with E-state index in [1.807, 2.05) is 121 Å². The Hall–Kier alpha value is -4.38. The minimum absolute atomic E-state index is 0.0272. The highest BCUT2D eigenvalue weighted by Crippen LogP contribution is 2.50. The highest BCUT2D eigenvalue weighted by Gasteiger charge is 2.43. The summed E-state index contributed by atoms with van der Waals surface area (Å²) in [4.78, 5) is 0. The molecular weight excluding hydrogens is 472 g/mol. The summed E-state index contributed by atoms with van der Waals surface area (Å²) in [5, 5.41) is 23.4. The van der Waals surface area contributed by atoms with Crippen LogP contribution in [0.25, 0.3) is 0 Å². The number of hydrogen-bond acceptors (Lipinski definition) is 4. The molecule has 4 heteroatoms. The van der Waals surface area contributed by atoms with Crippen LogP contribution >= 0.6 is 0 Å². The fourth-order valence-electron chi connectivity index (χ4n) is 5.48. The lowest BCUT2D eigenvalue weighted by Gasteiger charge is -2.37. The number of aromatic hydroxyl groups is 2. The largest absolute Gasteiger partial charge is 0.508 e. The zero-order valence-corrected chi connectivity index (χ0v) is 21.4. The molecule has 0 saturated heterocycles. The van der Waals surface area contributed by atoms with Gasteiger partial charge in [-0.1, -0.05) is 121 Å². The lowest BCUT2D eigenvalue weighted by atomic mass is 9.76. The molecule has 0 aliphatic carbocycles. The molecule has 0 fully saturated rings. The smallest absolute Gasteiger partial charge is 0.147 e. The second-order valence-electron chi connectivity index (χ2n) is 9.12. The van der Waals surface area contributed by atoms with Crippen molar-refractivity contribution in [1.29, 1.82) is 0 Å². The Morgan fingerprint density at radius 1 is 0.421 bits per heavy atom. The Balaban J connectivity index is 1.81. The minimum Gasteiger partial charge on any atom is -0.508 e. The van der Waals surface area contributed by atoms with E-state index in [1.165, 1.54) is 0 Å². The van der Waals surface area contributed by atoms with Gasteiger partial charge in [-0.15, -0.1) is 0 Å². The summed E-state index contributed by atoms with van der Waals surface area (Å²) < 4.78 is 12.5. The summed E-state index contributed by atoms with van der Waals surface area (Å²) in [6.07, 6.45) is 0. The normalized spacial score (nSPS) is 11.8. The summed E-state index contributed by atoms with van der Waals surface area (Å²) in [6, 6.07) is 42.0. The minimum atomic E-state index is -1.17. The first-order valence-electron chi connectivity index (χ1n) is 12.5. The molecule has 0 amide bonds. The van der Waals surface area contributed by atoms with Crippen LogP contribution in [0.4, 0.5) is 0 Å². The number of hydrogen-bond donors (Lipinski definition) is 2. The summed E-state index contributed by atoms with van der Waals surface area (Å²) in [5.41, 5.74) is 1.78. The van der Waals surface area contributed by atoms with Crippen LogP contribution < -0.4 is 0 Å². The number of methoxy groups -OCH3 is 2. The highest BCUT2D eigenvalue weighted by molar-refractivity contribution is 5.61. The quantitative estimate of drug-likeness (QED) is 0.178. The van der Waals surface area contributed by atoms with Gasteiger partial charge in [0, 0.05) is 25.3 Å². The number of rotatable bonds is 8. The van der Waals surface area contributed by atoms with Crippen molar-refractivity contribution in [3.05, 3.63) is 167 Å². The molecule has 5 aromatic carbocycles. The standard InChI is InChI=1S/C34H30O4/c1-37-33(25-15-7-3-8-16-25,26-17-9-4-10-18-26)29-23-32(36)30(24-31(29)35)34(38-2,27-19-11-5-12-20-27)28-21-13-6-14-22-28/h3-24,35-36H,1-2H3. The molecule has 4 nitrogen and oxygen atoms in total. The van der Waals surface area contributed by atoms with Crippen molar-refractivity contribution in [3.8, 4) is 11.5 Å². The van der Waals surface area contributed by atoms with Gasteiger partial charge in [-0.05, 0) is 34.4 Å². The van der Waals surface area contributed by atoms with Crippen molar-refractivity contribution >= 4 is 0 Å². The van der Waals surface area contributed by atoms with Crippen molar-refractivity contribution in [2.24, 2.45) is 0 Å². The summed E-state index contributed by atoms with van der Waals surface area (Å²) in [5.74, 6) is -0.0544. The molecule has 0 radical (unpaired) electrons. The maximum atomic E-state index is 11.7. The van der Waals surface area contributed by atoms with Gasteiger partial charge >= 0.3 is 0 Å². The highest BCUT2D eigenvalue weighted by atomic mass is 16.5. The van der Waals surface area contributed by atoms with Crippen LogP contribution in [0, 0.1) is 0 Å². The van der Waals surface area contributed by atoms with Gasteiger partial charge in [0.15, 0.2) is 0 Å². The van der Waals surface area contributed by atoms with Crippen LogP contribution in [0.5, 0.6) is 11.5 Å². The molecule has 0 atom stereocenters. The average molecular weight is 503 g/mol. The number of phenols is 2. The van der Waals surface area contributed by atoms with Crippen molar-refractivity contribution in [2.45, 2.75) is 11.2 Å². The topological polar surface area (TPSA) is 58.9 Å². The molecule has 190 valence electrons. The maximum absolute atomic E-state index is 11.7. The van der Waals surface area contributed by atoms with E-state index < -0.39 is 11.2 Å². The molecule has 0 unspecified atom stereocenters. The molecule has 0 bridgehead atoms. The summed E-state index contributed by atoms with van der Waals surface area (Å²) in [7, 11) is 3.22. The van der Waals surface area contributed by atoms with Crippen LogP contribution in [-0.2, 0) is 20.7 Å². The first-order valence-corrected chi connectivity index (χ1v) is 12.5. The molecule has 38 heavy (non-hydrogen) atoms. The van der Waals surface area contributed by atoms with E-state index in [0.717, 1.165) is 22.3 Å². The zero-order valence-electron chi connectivity index (χ0n) is 21.4. The van der Waals surface area contributed by atoms with Crippen molar-refractivity contribution in [3.63, 3.8) is 0 Å². The number of phenolic OH excluding ortho intramolecular Hbond substituents is 2. The molecule has 0 heterocycles. The van der Waals surface area contributed by atoms with E-state index in [4.69, 9.17) is 9.47 Å². The van der Waals surface area contributed by atoms with Gasteiger partial charge in [-0.25, -0.2) is 0 Å². The van der Waals surface area contributed by atoms with Crippen molar-refractivity contribution in [2.75, 3.05) is 14.2 Å². The Labute approximate surface area is 223 Å². The van der Waals surface area contributed by atoms with Crippen LogP contribution in [0.1, 0.15) is 33.4 Å². The second kappa shape index (κ2) is 10.5. The third kappa shape index (κ3) is 4.04. The number of benzene rings is 5. The molecular formula is C34H30O4. The third-order valence-electron chi connectivity index (χ3n) is 7.21. The van der Waals surface area contributed by atoms with Crippen LogP contribution in [0.15, 0.2) is 133 Å². The first-order chi connectivity index (χ1) is 18.6. The molecule has 0 aliphatic heterocycles. The van der Waals surface area contributed by atoms with Gasteiger partial charge in [0.05, 0.1) is 0 Å². The van der Waals surface area contributed by atoms with E-state index in [9.17, 15) is 10.2 Å². The average Bonchev–Trinajstić information content (AvgIpc) is 2.99. The maximum Gasteiger partial charge on any atom is 0.147 e. The van der Waals surface area contributed by atoms with Gasteiger partial charge in [-0.3, -0.25) is 0 Å². The number of ether oxygens (including phenoxy) is 2. The summed E-state index contributed by atoms with van der Waals surface area (Å²) >= 11 is 0. The van der Waals surface area contributed by atoms with E-state index in [0.29, 0.717) is 11.1 Å². The zero-order chi connectivity index (χ0) is 26.6. The summed E-state index contributed by atoms with van der Waals surface area (Å²) in [6.45, 7) is 0. The molecule has 0 aliphatic rings. The van der Waals surface area contributed by atoms with Crippen LogP contribution in [-0.4, -0.2) is 24.4 Å². The van der Waals surface area contributed by atoms with E-state index in [-0.39, 0.29) is 11.5 Å². The molecule has 5 rings (SSSR count). The molecule has 2 N–H and O–H groups in total. The predicted octanol–water partition coefficient (Wildman–Crippen LogP) is 6.97. The van der Waals surface area contributed by atoms with Gasteiger partial charge in [0.1, 0.15) is 22.7 Å². The Kier molecular flexibility index (Phi) is 7.01. The predicted molar refractivity (Wildman–Crippen MR) is 149 cm³/mol. The van der Waals surface area contributed by atoms with E-state index in [1.54, 1.807) is 26.4 Å². The lowest BCUT2D eigenvalue weighted by Crippen LogP contribution is -2.34. The van der Waals surface area contributed by atoms with Gasteiger partial charge < -0.3 is 19.7 Å². The molecule has 0 saturated carbocycles. The third-order valence-corrected chi connectivity index (χ3v) is 7.21. The second-order valence-corrected chi connectivity index (χ2v) is 9.12. The van der Waals surface area contributed by atoms with Crippen molar-refractivity contribution < 1.29 is 19.7 Å². The van der Waals surface area contributed by atoms with Gasteiger partial charge in [-0.2, -0.15) is 0 Å². The van der Waals surface area contributed by atoms with Crippen LogP contribution in [0.2, 0.25) is 0 Å². The van der Waals surface area contributed by atoms with Crippen molar-refractivity contribution in [1.82, 2.24) is 0 Å². The molecule has 5 aromatic rings. The Bertz CT molecular complexity index is 1290. The van der Waals surface area contributed by atoms with Crippen LogP contribution in [0.3, 0.4) is 0 Å². The first kappa shape index (κ1) is 25.3. The van der Waals surface area contributed by atoms with E-state index >= 15 is 0 Å². The fourth-order valence-corrected chi connectivity index (χ4v) is 5.48. The van der Waals surface area contributed by atoms with Gasteiger partial charge in [0.25, 0.3) is 0 Å². The molecule has 0 aromatic heterocycles. The lowest BCUT2D eigenvalue weighted by molar-refractivity contribution is 0.0520. The SMILES string of the molecule is COC(c1ccccc1)(c1ccccc1)c1cc(O)c(C(OC)(c2ccccc2)c2ccccc2)cc1O.